The van der Waals surface area contributed by atoms with E-state index in [1.54, 1.807) is 10.9 Å². The smallest absolute Gasteiger partial charge is 0.271 e. The Morgan fingerprint density at radius 1 is 1.20 bits per heavy atom. The van der Waals surface area contributed by atoms with Gasteiger partial charge in [-0.2, -0.15) is 0 Å². The summed E-state index contributed by atoms with van der Waals surface area (Å²) >= 11 is 1.48. The summed E-state index contributed by atoms with van der Waals surface area (Å²) < 4.78 is 2.41. The SMILES string of the molecule is Cc1ccc(-c2csc3c(=O)n(C(C)C)cnc23)cc1. The minimum absolute atomic E-state index is 0.0494. The number of hydrogen-bond acceptors (Lipinski definition) is 3. The molecule has 0 unspecified atom stereocenters. The lowest BCUT2D eigenvalue weighted by Crippen LogP contribution is -2.21. The van der Waals surface area contributed by atoms with Crippen molar-refractivity contribution in [1.29, 1.82) is 0 Å². The second-order valence-corrected chi connectivity index (χ2v) is 6.12. The molecule has 102 valence electrons. The van der Waals surface area contributed by atoms with Crippen molar-refractivity contribution in [2.75, 3.05) is 0 Å². The molecule has 20 heavy (non-hydrogen) atoms. The average Bonchev–Trinajstić information content (AvgIpc) is 2.84. The summed E-state index contributed by atoms with van der Waals surface area (Å²) in [5.41, 5.74) is 4.23. The van der Waals surface area contributed by atoms with Gasteiger partial charge in [-0.25, -0.2) is 4.98 Å². The van der Waals surface area contributed by atoms with E-state index in [1.807, 2.05) is 19.2 Å². The van der Waals surface area contributed by atoms with Gasteiger partial charge in [-0.3, -0.25) is 9.36 Å². The van der Waals surface area contributed by atoms with Crippen LogP contribution in [-0.2, 0) is 0 Å². The number of aromatic nitrogens is 2. The first-order valence-corrected chi connectivity index (χ1v) is 7.51. The van der Waals surface area contributed by atoms with Crippen molar-refractivity contribution in [1.82, 2.24) is 9.55 Å². The molecule has 3 rings (SSSR count). The Morgan fingerprint density at radius 2 is 1.90 bits per heavy atom. The van der Waals surface area contributed by atoms with Crippen molar-refractivity contribution >= 4 is 21.6 Å². The summed E-state index contributed by atoms with van der Waals surface area (Å²) in [7, 11) is 0. The molecule has 3 aromatic rings. The Balaban J connectivity index is 2.22. The predicted molar refractivity (Wildman–Crippen MR) is 84.4 cm³/mol. The highest BCUT2D eigenvalue weighted by atomic mass is 32.1. The number of rotatable bonds is 2. The Morgan fingerprint density at radius 3 is 2.55 bits per heavy atom. The first kappa shape index (κ1) is 13.1. The second kappa shape index (κ2) is 4.87. The molecule has 0 fully saturated rings. The molecule has 0 aliphatic carbocycles. The number of hydrogen-bond donors (Lipinski definition) is 0. The Labute approximate surface area is 121 Å². The molecular weight excluding hydrogens is 268 g/mol. The lowest BCUT2D eigenvalue weighted by Gasteiger charge is -2.08. The van der Waals surface area contributed by atoms with Crippen molar-refractivity contribution in [2.24, 2.45) is 0 Å². The van der Waals surface area contributed by atoms with Gasteiger partial charge in [-0.1, -0.05) is 29.8 Å². The molecule has 2 aromatic heterocycles. The fraction of sp³-hybridized carbons (Fsp3) is 0.250. The quantitative estimate of drug-likeness (QED) is 0.712. The minimum atomic E-state index is 0.0494. The topological polar surface area (TPSA) is 34.9 Å². The molecule has 0 spiro atoms. The molecule has 0 aliphatic rings. The van der Waals surface area contributed by atoms with E-state index in [2.05, 4.69) is 36.2 Å². The second-order valence-electron chi connectivity index (χ2n) is 5.24. The zero-order valence-electron chi connectivity index (χ0n) is 11.8. The molecule has 0 atom stereocenters. The highest BCUT2D eigenvalue weighted by Gasteiger charge is 2.13. The number of benzene rings is 1. The Hall–Kier alpha value is -1.94. The molecule has 3 nitrogen and oxygen atoms in total. The van der Waals surface area contributed by atoms with Gasteiger partial charge < -0.3 is 0 Å². The van der Waals surface area contributed by atoms with Crippen LogP contribution in [0, 0.1) is 6.92 Å². The molecule has 1 aromatic carbocycles. The van der Waals surface area contributed by atoms with Crippen LogP contribution < -0.4 is 5.56 Å². The van der Waals surface area contributed by atoms with Crippen LogP contribution in [0.4, 0.5) is 0 Å². The van der Waals surface area contributed by atoms with Crippen LogP contribution in [0.2, 0.25) is 0 Å². The van der Waals surface area contributed by atoms with Gasteiger partial charge in [0.05, 0.1) is 11.8 Å². The van der Waals surface area contributed by atoms with Gasteiger partial charge in [-0.15, -0.1) is 11.3 Å². The fourth-order valence-electron chi connectivity index (χ4n) is 2.23. The van der Waals surface area contributed by atoms with E-state index in [4.69, 9.17) is 0 Å². The van der Waals surface area contributed by atoms with Gasteiger partial charge in [0.2, 0.25) is 0 Å². The van der Waals surface area contributed by atoms with Crippen molar-refractivity contribution in [3.05, 3.63) is 51.9 Å². The zero-order valence-corrected chi connectivity index (χ0v) is 12.6. The monoisotopic (exact) mass is 284 g/mol. The van der Waals surface area contributed by atoms with Gasteiger partial charge in [0.25, 0.3) is 5.56 Å². The van der Waals surface area contributed by atoms with E-state index in [0.717, 1.165) is 21.3 Å². The third-order valence-corrected chi connectivity index (χ3v) is 4.38. The molecule has 0 saturated carbocycles. The molecule has 4 heteroatoms. The molecule has 0 aliphatic heterocycles. The fourth-order valence-corrected chi connectivity index (χ4v) is 3.19. The van der Waals surface area contributed by atoms with Gasteiger partial charge >= 0.3 is 0 Å². The molecule has 0 bridgehead atoms. The lowest BCUT2D eigenvalue weighted by molar-refractivity contribution is 0.574. The van der Waals surface area contributed by atoms with E-state index >= 15 is 0 Å². The van der Waals surface area contributed by atoms with Crippen molar-refractivity contribution in [2.45, 2.75) is 26.8 Å². The maximum absolute atomic E-state index is 12.4. The summed E-state index contributed by atoms with van der Waals surface area (Å²) in [5.74, 6) is 0. The third kappa shape index (κ3) is 2.06. The van der Waals surface area contributed by atoms with Crippen LogP contribution in [0.5, 0.6) is 0 Å². The molecule has 2 heterocycles. The Bertz CT molecular complexity index is 813. The lowest BCUT2D eigenvalue weighted by atomic mass is 10.1. The molecule has 0 amide bonds. The number of fused-ring (bicyclic) bond motifs is 1. The van der Waals surface area contributed by atoms with Crippen LogP contribution in [0.25, 0.3) is 21.3 Å². The van der Waals surface area contributed by atoms with Crippen LogP contribution in [0.15, 0.2) is 40.8 Å². The van der Waals surface area contributed by atoms with Crippen molar-refractivity contribution in [3.63, 3.8) is 0 Å². The number of thiophene rings is 1. The largest absolute Gasteiger partial charge is 0.295 e. The van der Waals surface area contributed by atoms with Gasteiger partial charge in [0.1, 0.15) is 4.70 Å². The summed E-state index contributed by atoms with van der Waals surface area (Å²) in [6, 6.07) is 8.44. The van der Waals surface area contributed by atoms with E-state index in [0.29, 0.717) is 0 Å². The molecular formula is C16H16N2OS. The van der Waals surface area contributed by atoms with Crippen LogP contribution in [0.3, 0.4) is 0 Å². The molecule has 0 radical (unpaired) electrons. The normalized spacial score (nSPS) is 11.4. The minimum Gasteiger partial charge on any atom is -0.295 e. The van der Waals surface area contributed by atoms with Crippen molar-refractivity contribution < 1.29 is 0 Å². The van der Waals surface area contributed by atoms with E-state index in [1.165, 1.54) is 16.9 Å². The highest BCUT2D eigenvalue weighted by molar-refractivity contribution is 7.17. The van der Waals surface area contributed by atoms with E-state index in [9.17, 15) is 4.79 Å². The van der Waals surface area contributed by atoms with Crippen LogP contribution in [-0.4, -0.2) is 9.55 Å². The molecule has 0 saturated heterocycles. The number of aryl methyl sites for hydroxylation is 1. The summed E-state index contributed by atoms with van der Waals surface area (Å²) in [5, 5.41) is 2.02. The molecule has 0 N–H and O–H groups in total. The summed E-state index contributed by atoms with van der Waals surface area (Å²) in [4.78, 5) is 16.9. The summed E-state index contributed by atoms with van der Waals surface area (Å²) in [6.45, 7) is 6.04. The first-order chi connectivity index (χ1) is 9.58. The van der Waals surface area contributed by atoms with Gasteiger partial charge in [0, 0.05) is 17.0 Å². The van der Waals surface area contributed by atoms with E-state index in [-0.39, 0.29) is 11.6 Å². The van der Waals surface area contributed by atoms with Gasteiger partial charge in [-0.05, 0) is 26.3 Å². The van der Waals surface area contributed by atoms with Crippen LogP contribution >= 0.6 is 11.3 Å². The third-order valence-electron chi connectivity index (χ3n) is 3.42. The van der Waals surface area contributed by atoms with Crippen LogP contribution in [0.1, 0.15) is 25.5 Å². The van der Waals surface area contributed by atoms with Gasteiger partial charge in [0.15, 0.2) is 0 Å². The number of nitrogens with zero attached hydrogens (tertiary/aromatic N) is 2. The standard InChI is InChI=1S/C16H16N2OS/c1-10(2)18-9-17-14-13(8-20-15(14)16(18)19)12-6-4-11(3)5-7-12/h4-10H,1-3H3. The van der Waals surface area contributed by atoms with E-state index < -0.39 is 0 Å². The maximum atomic E-state index is 12.4. The first-order valence-electron chi connectivity index (χ1n) is 6.63. The zero-order chi connectivity index (χ0) is 14.3. The Kier molecular flexibility index (Phi) is 3.18. The predicted octanol–water partition coefficient (Wildman–Crippen LogP) is 4.01. The average molecular weight is 284 g/mol. The highest BCUT2D eigenvalue weighted by Crippen LogP contribution is 2.30. The summed E-state index contributed by atoms with van der Waals surface area (Å²) in [6.07, 6.45) is 1.65. The van der Waals surface area contributed by atoms with Crippen molar-refractivity contribution in [3.8, 4) is 11.1 Å². The maximum Gasteiger partial charge on any atom is 0.271 e.